The molecule has 0 nitrogen and oxygen atoms in total. The van der Waals surface area contributed by atoms with Crippen LogP contribution in [0.5, 0.6) is 0 Å². The molecule has 0 saturated carbocycles. The Hall–Kier alpha value is 1.04. The van der Waals surface area contributed by atoms with Crippen LogP contribution < -0.4 is 0 Å². The molecule has 0 bridgehead atoms. The Kier molecular flexibility index (Phi) is 24.2. The van der Waals surface area contributed by atoms with E-state index in [9.17, 15) is 0 Å². The number of allylic oxidation sites excluding steroid dienone is 1. The summed E-state index contributed by atoms with van der Waals surface area (Å²) in [6.07, 6.45) is 26.7. The Morgan fingerprint density at radius 3 is 1.33 bits per heavy atom. The summed E-state index contributed by atoms with van der Waals surface area (Å²) in [5, 5.41) is 0.508. The van der Waals surface area contributed by atoms with E-state index >= 15 is 0 Å². The van der Waals surface area contributed by atoms with Gasteiger partial charge in [0.1, 0.15) is 0 Å². The van der Waals surface area contributed by atoms with E-state index in [1.165, 1.54) is 127 Å². The van der Waals surface area contributed by atoms with Crippen LogP contribution in [0.2, 0.25) is 0 Å². The first kappa shape index (κ1) is 28.0. The molecular formula is C23H44Cl3P. The van der Waals surface area contributed by atoms with Crippen molar-refractivity contribution in [2.24, 2.45) is 0 Å². The summed E-state index contributed by atoms with van der Waals surface area (Å²) in [6, 6.07) is 0. The second-order valence-corrected chi connectivity index (χ2v) is 10.8. The van der Waals surface area contributed by atoms with E-state index in [2.05, 4.69) is 6.92 Å². The fourth-order valence-corrected chi connectivity index (χ4v) is 5.31. The highest BCUT2D eigenvalue weighted by Crippen LogP contribution is 2.32. The number of hydrogen-bond donors (Lipinski definition) is 0. The topological polar surface area (TPSA) is 0 Å². The summed E-state index contributed by atoms with van der Waals surface area (Å²) in [4.78, 5) is 0. The summed E-state index contributed by atoms with van der Waals surface area (Å²) in [6.45, 7) is 2.29. The van der Waals surface area contributed by atoms with Crippen molar-refractivity contribution in [3.63, 3.8) is 0 Å². The van der Waals surface area contributed by atoms with Crippen molar-refractivity contribution in [2.45, 2.75) is 128 Å². The number of halogens is 3. The second kappa shape index (κ2) is 23.3. The van der Waals surface area contributed by atoms with E-state index < -0.39 is 0 Å². The molecule has 0 radical (unpaired) electrons. The molecule has 0 saturated heterocycles. The van der Waals surface area contributed by atoms with Gasteiger partial charge in [-0.05, 0) is 12.6 Å². The Morgan fingerprint density at radius 2 is 1.00 bits per heavy atom. The lowest BCUT2D eigenvalue weighted by molar-refractivity contribution is 0.526. The number of alkyl halides is 1. The lowest BCUT2D eigenvalue weighted by atomic mass is 10.0. The molecule has 0 N–H and O–H groups in total. The molecular weight excluding hydrogens is 414 g/mol. The van der Waals surface area contributed by atoms with Crippen molar-refractivity contribution < 1.29 is 0 Å². The van der Waals surface area contributed by atoms with Gasteiger partial charge >= 0.3 is 0 Å². The van der Waals surface area contributed by atoms with Crippen LogP contribution in [0, 0.1) is 0 Å². The van der Waals surface area contributed by atoms with Gasteiger partial charge in [0.05, 0.1) is 10.2 Å². The fourth-order valence-electron chi connectivity index (χ4n) is 3.41. The Bertz CT molecular complexity index is 321. The van der Waals surface area contributed by atoms with Gasteiger partial charge in [0.15, 0.2) is 0 Å². The summed E-state index contributed by atoms with van der Waals surface area (Å²) >= 11 is 17.6. The first-order valence-electron chi connectivity index (χ1n) is 11.6. The summed E-state index contributed by atoms with van der Waals surface area (Å²) in [7, 11) is 0.685. The maximum absolute atomic E-state index is 6.14. The SMILES string of the molecule is CCCCCCCCCCCCCCCCCCCCPC(Cl)C(Cl)=CCl. The normalized spacial score (nSPS) is 13.7. The van der Waals surface area contributed by atoms with E-state index in [0.717, 1.165) is 0 Å². The number of hydrogen-bond acceptors (Lipinski definition) is 0. The molecule has 162 valence electrons. The van der Waals surface area contributed by atoms with Gasteiger partial charge in [0.25, 0.3) is 0 Å². The van der Waals surface area contributed by atoms with Gasteiger partial charge in [-0.3, -0.25) is 0 Å². The quantitative estimate of drug-likeness (QED) is 0.0912. The standard InChI is InChI=1S/C23H44Cl3P/c1-2-3-4-5-6-7-8-9-10-11-12-13-14-15-16-17-18-19-20-27-23(26)22(25)21-24/h21,23,27H,2-20H2,1H3. The van der Waals surface area contributed by atoms with Gasteiger partial charge < -0.3 is 0 Å². The monoisotopic (exact) mass is 456 g/mol. The highest BCUT2D eigenvalue weighted by atomic mass is 35.5. The molecule has 0 aromatic carbocycles. The minimum atomic E-state index is -0.0741. The highest BCUT2D eigenvalue weighted by molar-refractivity contribution is 7.41. The van der Waals surface area contributed by atoms with Crippen molar-refractivity contribution in [2.75, 3.05) is 6.16 Å². The van der Waals surface area contributed by atoms with E-state index in [1.54, 1.807) is 0 Å². The highest BCUT2D eigenvalue weighted by Gasteiger charge is 2.07. The molecule has 0 rings (SSSR count). The van der Waals surface area contributed by atoms with Crippen molar-refractivity contribution in [3.05, 3.63) is 10.6 Å². The molecule has 0 aliphatic heterocycles. The zero-order chi connectivity index (χ0) is 20.0. The summed E-state index contributed by atoms with van der Waals surface area (Å²) in [5.74, 6) is 0. The van der Waals surface area contributed by atoms with Crippen LogP contribution in [-0.4, -0.2) is 11.3 Å². The minimum absolute atomic E-state index is 0.0741. The third kappa shape index (κ3) is 21.6. The predicted molar refractivity (Wildman–Crippen MR) is 131 cm³/mol. The Morgan fingerprint density at radius 1 is 0.667 bits per heavy atom. The third-order valence-electron chi connectivity index (χ3n) is 5.20. The van der Waals surface area contributed by atoms with Gasteiger partial charge in [-0.15, -0.1) is 11.6 Å². The van der Waals surface area contributed by atoms with Gasteiger partial charge in [-0.2, -0.15) is 0 Å². The first-order chi connectivity index (χ1) is 13.2. The fraction of sp³-hybridized carbons (Fsp3) is 0.913. The van der Waals surface area contributed by atoms with E-state index in [4.69, 9.17) is 34.8 Å². The van der Waals surface area contributed by atoms with E-state index in [0.29, 0.717) is 13.6 Å². The molecule has 0 heterocycles. The zero-order valence-electron chi connectivity index (χ0n) is 17.7. The second-order valence-electron chi connectivity index (χ2n) is 7.82. The van der Waals surface area contributed by atoms with Crippen LogP contribution in [0.3, 0.4) is 0 Å². The maximum atomic E-state index is 6.14. The van der Waals surface area contributed by atoms with Crippen molar-refractivity contribution in [3.8, 4) is 0 Å². The molecule has 0 aromatic heterocycles. The van der Waals surface area contributed by atoms with Crippen LogP contribution in [0.25, 0.3) is 0 Å². The van der Waals surface area contributed by atoms with Crippen molar-refractivity contribution >= 4 is 43.4 Å². The molecule has 2 atom stereocenters. The van der Waals surface area contributed by atoms with E-state index in [-0.39, 0.29) is 5.12 Å². The smallest absolute Gasteiger partial charge is 0.0866 e. The molecule has 0 aliphatic rings. The molecule has 0 spiro atoms. The van der Waals surface area contributed by atoms with Crippen LogP contribution in [0.15, 0.2) is 10.6 Å². The number of rotatable bonds is 21. The molecule has 2 unspecified atom stereocenters. The Balaban J connectivity index is 3.09. The van der Waals surface area contributed by atoms with Crippen LogP contribution in [0.1, 0.15) is 122 Å². The summed E-state index contributed by atoms with van der Waals surface area (Å²) < 4.78 is 0. The summed E-state index contributed by atoms with van der Waals surface area (Å²) in [5.41, 5.74) is 1.39. The molecule has 0 fully saturated rings. The van der Waals surface area contributed by atoms with Gasteiger partial charge in [0, 0.05) is 5.54 Å². The van der Waals surface area contributed by atoms with Crippen LogP contribution in [-0.2, 0) is 0 Å². The van der Waals surface area contributed by atoms with E-state index in [1.807, 2.05) is 0 Å². The van der Waals surface area contributed by atoms with Crippen molar-refractivity contribution in [1.29, 1.82) is 0 Å². The molecule has 27 heavy (non-hydrogen) atoms. The lowest BCUT2D eigenvalue weighted by Gasteiger charge is -2.07. The van der Waals surface area contributed by atoms with Crippen LogP contribution in [0.4, 0.5) is 0 Å². The average Bonchev–Trinajstić information content (AvgIpc) is 2.68. The Labute approximate surface area is 187 Å². The third-order valence-corrected chi connectivity index (χ3v) is 8.18. The molecule has 0 aliphatic carbocycles. The van der Waals surface area contributed by atoms with Gasteiger partial charge in [0.2, 0.25) is 0 Å². The maximum Gasteiger partial charge on any atom is 0.0866 e. The molecule has 0 amide bonds. The molecule has 0 aromatic rings. The average molecular weight is 458 g/mol. The predicted octanol–water partition coefficient (Wildman–Crippen LogP) is 10.6. The zero-order valence-corrected chi connectivity index (χ0v) is 21.0. The first-order valence-corrected chi connectivity index (χ1v) is 14.1. The largest absolute Gasteiger partial charge is 0.112 e. The van der Waals surface area contributed by atoms with Crippen LogP contribution >= 0.6 is 43.4 Å². The number of unbranched alkanes of at least 4 members (excludes halogenated alkanes) is 17. The molecule has 4 heteroatoms. The lowest BCUT2D eigenvalue weighted by Crippen LogP contribution is -1.91. The minimum Gasteiger partial charge on any atom is -0.112 e. The van der Waals surface area contributed by atoms with Gasteiger partial charge in [-0.1, -0.05) is 148 Å². The van der Waals surface area contributed by atoms with Gasteiger partial charge in [-0.25, -0.2) is 0 Å². The van der Waals surface area contributed by atoms with Crippen molar-refractivity contribution in [1.82, 2.24) is 0 Å².